The van der Waals surface area contributed by atoms with Gasteiger partial charge in [-0.3, -0.25) is 9.59 Å². The van der Waals surface area contributed by atoms with E-state index >= 15 is 0 Å². The van der Waals surface area contributed by atoms with Crippen molar-refractivity contribution in [2.24, 2.45) is 0 Å². The van der Waals surface area contributed by atoms with Gasteiger partial charge in [0, 0.05) is 23.0 Å². The first-order chi connectivity index (χ1) is 17.4. The van der Waals surface area contributed by atoms with Crippen LogP contribution in [0.15, 0.2) is 71.2 Å². The maximum absolute atomic E-state index is 13.8. The van der Waals surface area contributed by atoms with Crippen molar-refractivity contribution in [1.82, 2.24) is 10.2 Å². The number of nitrogens with zero attached hydrogens (tertiary/aromatic N) is 1. The number of amides is 2. The molecular weight excluding hydrogens is 528 g/mol. The van der Waals surface area contributed by atoms with Crippen LogP contribution in [0.2, 0.25) is 0 Å². The molecule has 0 aliphatic carbocycles. The van der Waals surface area contributed by atoms with Gasteiger partial charge in [0.05, 0.1) is 0 Å². The summed E-state index contributed by atoms with van der Waals surface area (Å²) in [6.07, 6.45) is 0.394. The lowest BCUT2D eigenvalue weighted by Gasteiger charge is -2.34. The quantitative estimate of drug-likeness (QED) is 0.331. The Morgan fingerprint density at radius 2 is 1.62 bits per heavy atom. The minimum absolute atomic E-state index is 0.161. The van der Waals surface area contributed by atoms with E-state index in [1.54, 1.807) is 4.90 Å². The molecule has 1 atom stereocenters. The van der Waals surface area contributed by atoms with Crippen LogP contribution in [0.3, 0.4) is 0 Å². The van der Waals surface area contributed by atoms with Gasteiger partial charge in [0.1, 0.15) is 11.8 Å². The third-order valence-electron chi connectivity index (χ3n) is 6.13. The Balaban J connectivity index is 1.96. The van der Waals surface area contributed by atoms with Gasteiger partial charge in [-0.25, -0.2) is 0 Å². The lowest BCUT2D eigenvalue weighted by molar-refractivity contribution is -0.143. The molecule has 196 valence electrons. The largest absolute Gasteiger partial charge is 0.483 e. The average Bonchev–Trinajstić information content (AvgIpc) is 2.82. The average molecular weight is 566 g/mol. The zero-order valence-corrected chi connectivity index (χ0v) is 24.2. The SMILES string of the molecule is Cc1cc(C)c(C)c(OCC(=O)N(Cc2cccc(Br)c2)[C@@H](Cc2ccccc2)C(=O)NC(C)(C)C)c1. The number of hydrogen-bond donors (Lipinski definition) is 1. The summed E-state index contributed by atoms with van der Waals surface area (Å²) in [6, 6.07) is 20.9. The number of hydrogen-bond acceptors (Lipinski definition) is 3. The third-order valence-corrected chi connectivity index (χ3v) is 6.62. The number of halogens is 1. The second-order valence-electron chi connectivity index (χ2n) is 10.6. The second kappa shape index (κ2) is 12.4. The van der Waals surface area contributed by atoms with E-state index in [0.717, 1.165) is 32.3 Å². The van der Waals surface area contributed by atoms with E-state index in [2.05, 4.69) is 27.3 Å². The number of aryl methyl sites for hydroxylation is 2. The van der Waals surface area contributed by atoms with Crippen molar-refractivity contribution in [1.29, 1.82) is 0 Å². The summed E-state index contributed by atoms with van der Waals surface area (Å²) >= 11 is 3.52. The zero-order valence-electron chi connectivity index (χ0n) is 22.6. The number of rotatable bonds is 9. The van der Waals surface area contributed by atoms with E-state index < -0.39 is 11.6 Å². The Morgan fingerprint density at radius 1 is 0.946 bits per heavy atom. The molecule has 0 radical (unpaired) electrons. The lowest BCUT2D eigenvalue weighted by atomic mass is 10.0. The third kappa shape index (κ3) is 8.46. The van der Waals surface area contributed by atoms with Gasteiger partial charge >= 0.3 is 0 Å². The Labute approximate surface area is 229 Å². The van der Waals surface area contributed by atoms with Crippen molar-refractivity contribution >= 4 is 27.7 Å². The van der Waals surface area contributed by atoms with Gasteiger partial charge in [0.15, 0.2) is 6.61 Å². The monoisotopic (exact) mass is 564 g/mol. The summed E-state index contributed by atoms with van der Waals surface area (Å²) in [5, 5.41) is 3.09. The van der Waals surface area contributed by atoms with Gasteiger partial charge in [0.2, 0.25) is 5.91 Å². The summed E-state index contributed by atoms with van der Waals surface area (Å²) in [4.78, 5) is 29.1. The van der Waals surface area contributed by atoms with Gasteiger partial charge in [-0.2, -0.15) is 0 Å². The van der Waals surface area contributed by atoms with Crippen molar-refractivity contribution in [2.45, 2.75) is 66.1 Å². The molecule has 0 bridgehead atoms. The molecule has 1 N–H and O–H groups in total. The summed E-state index contributed by atoms with van der Waals surface area (Å²) < 4.78 is 6.97. The number of nitrogens with one attached hydrogen (secondary N) is 1. The van der Waals surface area contributed by atoms with Crippen molar-refractivity contribution in [3.63, 3.8) is 0 Å². The van der Waals surface area contributed by atoms with Crippen molar-refractivity contribution in [3.05, 3.63) is 99.0 Å². The highest BCUT2D eigenvalue weighted by atomic mass is 79.9. The molecule has 0 unspecified atom stereocenters. The van der Waals surface area contributed by atoms with Crippen LogP contribution in [-0.4, -0.2) is 34.9 Å². The Hall–Kier alpha value is -3.12. The van der Waals surface area contributed by atoms with Crippen LogP contribution in [-0.2, 0) is 22.6 Å². The molecule has 3 rings (SSSR count). The molecule has 0 spiro atoms. The summed E-state index contributed by atoms with van der Waals surface area (Å²) in [5.41, 5.74) is 4.65. The van der Waals surface area contributed by atoms with Gasteiger partial charge in [-0.15, -0.1) is 0 Å². The second-order valence-corrected chi connectivity index (χ2v) is 11.5. The molecular formula is C31H37BrN2O3. The molecule has 37 heavy (non-hydrogen) atoms. The van der Waals surface area contributed by atoms with Crippen LogP contribution in [0, 0.1) is 20.8 Å². The number of carbonyl (C=O) groups excluding carboxylic acids is 2. The van der Waals surface area contributed by atoms with Crippen LogP contribution >= 0.6 is 15.9 Å². The topological polar surface area (TPSA) is 58.6 Å². The normalized spacial score (nSPS) is 12.1. The maximum Gasteiger partial charge on any atom is 0.261 e. The van der Waals surface area contributed by atoms with E-state index in [1.807, 2.05) is 102 Å². The fraction of sp³-hybridized carbons (Fsp3) is 0.355. The highest BCUT2D eigenvalue weighted by Crippen LogP contribution is 2.24. The highest BCUT2D eigenvalue weighted by molar-refractivity contribution is 9.10. The van der Waals surface area contributed by atoms with Gasteiger partial charge in [-0.05, 0) is 87.6 Å². The van der Waals surface area contributed by atoms with Crippen LogP contribution in [0.4, 0.5) is 0 Å². The minimum atomic E-state index is -0.711. The fourth-order valence-electron chi connectivity index (χ4n) is 4.21. The van der Waals surface area contributed by atoms with Crippen LogP contribution in [0.5, 0.6) is 5.75 Å². The summed E-state index contributed by atoms with van der Waals surface area (Å²) in [7, 11) is 0. The van der Waals surface area contributed by atoms with E-state index in [4.69, 9.17) is 4.74 Å². The molecule has 5 nitrogen and oxygen atoms in total. The molecule has 0 heterocycles. The predicted octanol–water partition coefficient (Wildman–Crippen LogP) is 6.31. The predicted molar refractivity (Wildman–Crippen MR) is 153 cm³/mol. The van der Waals surface area contributed by atoms with Crippen molar-refractivity contribution in [3.8, 4) is 5.75 Å². The Morgan fingerprint density at radius 3 is 2.27 bits per heavy atom. The number of benzene rings is 3. The van der Waals surface area contributed by atoms with E-state index in [0.29, 0.717) is 12.2 Å². The summed E-state index contributed by atoms with van der Waals surface area (Å²) in [6.45, 7) is 12.0. The number of carbonyl (C=O) groups is 2. The maximum atomic E-state index is 13.8. The van der Waals surface area contributed by atoms with Crippen molar-refractivity contribution < 1.29 is 14.3 Å². The molecule has 3 aromatic carbocycles. The first kappa shape index (κ1) is 28.5. The molecule has 0 aliphatic rings. The van der Waals surface area contributed by atoms with E-state index in [9.17, 15) is 9.59 Å². The first-order valence-corrected chi connectivity index (χ1v) is 13.3. The Bertz CT molecular complexity index is 1230. The van der Waals surface area contributed by atoms with Gasteiger partial charge in [0.25, 0.3) is 5.91 Å². The van der Waals surface area contributed by atoms with Gasteiger partial charge < -0.3 is 15.0 Å². The standard InChI is InChI=1S/C31H37BrN2O3/c1-21-15-22(2)23(3)28(16-21)37-20-29(35)34(19-25-13-10-14-26(32)17-25)27(30(36)33-31(4,5)6)18-24-11-8-7-9-12-24/h7-17,27H,18-20H2,1-6H3,(H,33,36)/t27-/m0/s1. The summed E-state index contributed by atoms with van der Waals surface area (Å²) in [5.74, 6) is 0.248. The molecule has 0 saturated carbocycles. The number of ether oxygens (including phenoxy) is 1. The van der Waals surface area contributed by atoms with Crippen molar-refractivity contribution in [2.75, 3.05) is 6.61 Å². The smallest absolute Gasteiger partial charge is 0.261 e. The lowest BCUT2D eigenvalue weighted by Crippen LogP contribution is -2.55. The molecule has 3 aromatic rings. The fourth-order valence-corrected chi connectivity index (χ4v) is 4.66. The van der Waals surface area contributed by atoms with Crippen LogP contribution in [0.25, 0.3) is 0 Å². The molecule has 0 aliphatic heterocycles. The zero-order chi connectivity index (χ0) is 27.2. The van der Waals surface area contributed by atoms with Crippen LogP contribution < -0.4 is 10.1 Å². The van der Waals surface area contributed by atoms with Gasteiger partial charge in [-0.1, -0.05) is 64.5 Å². The minimum Gasteiger partial charge on any atom is -0.483 e. The van der Waals surface area contributed by atoms with E-state index in [-0.39, 0.29) is 25.0 Å². The Kier molecular flexibility index (Phi) is 9.55. The molecule has 6 heteroatoms. The molecule has 0 fully saturated rings. The molecule has 0 saturated heterocycles. The highest BCUT2D eigenvalue weighted by Gasteiger charge is 2.32. The molecule has 0 aromatic heterocycles. The molecule has 2 amide bonds. The van der Waals surface area contributed by atoms with Crippen LogP contribution in [0.1, 0.15) is 48.6 Å². The van der Waals surface area contributed by atoms with E-state index in [1.165, 1.54) is 0 Å². The first-order valence-electron chi connectivity index (χ1n) is 12.5.